The van der Waals surface area contributed by atoms with E-state index >= 15 is 0 Å². The predicted octanol–water partition coefficient (Wildman–Crippen LogP) is 4.10. The van der Waals surface area contributed by atoms with E-state index in [9.17, 15) is 9.59 Å². The molecule has 0 saturated carbocycles. The zero-order valence-electron chi connectivity index (χ0n) is 15.0. The van der Waals surface area contributed by atoms with Gasteiger partial charge in [-0.1, -0.05) is 84.9 Å². The van der Waals surface area contributed by atoms with Crippen LogP contribution in [0.25, 0.3) is 5.76 Å². The maximum atomic E-state index is 13.1. The predicted molar refractivity (Wildman–Crippen MR) is 105 cm³/mol. The lowest BCUT2D eigenvalue weighted by Gasteiger charge is -2.29. The molecule has 0 radical (unpaired) electrons. The van der Waals surface area contributed by atoms with Gasteiger partial charge in [-0.15, -0.1) is 0 Å². The Hall–Kier alpha value is -3.66. The van der Waals surface area contributed by atoms with Crippen LogP contribution in [0.5, 0.6) is 0 Å². The van der Waals surface area contributed by atoms with E-state index in [1.165, 1.54) is 0 Å². The number of Topliss-reactive ketones (excluding diaryl/α,β-unsaturated/α-hetero) is 1. The molecule has 0 amide bonds. The number of esters is 1. The minimum absolute atomic E-state index is 0.156. The van der Waals surface area contributed by atoms with Crippen LogP contribution in [-0.2, 0) is 9.53 Å². The highest BCUT2D eigenvalue weighted by Gasteiger charge is 2.45. The van der Waals surface area contributed by atoms with Crippen LogP contribution in [0.4, 0.5) is 0 Å². The molecule has 28 heavy (non-hydrogen) atoms. The van der Waals surface area contributed by atoms with Crippen molar-refractivity contribution < 1.29 is 14.3 Å². The highest BCUT2D eigenvalue weighted by atomic mass is 16.5. The average molecular weight is 367 g/mol. The number of rotatable bonds is 3. The molecule has 2 atom stereocenters. The molecule has 0 bridgehead atoms. The van der Waals surface area contributed by atoms with E-state index in [2.05, 4.69) is 5.32 Å². The van der Waals surface area contributed by atoms with E-state index in [1.54, 1.807) is 24.3 Å². The van der Waals surface area contributed by atoms with Gasteiger partial charge in [-0.05, 0) is 11.1 Å². The zero-order valence-corrected chi connectivity index (χ0v) is 15.0. The fourth-order valence-electron chi connectivity index (χ4n) is 3.92. The number of hydrogen-bond acceptors (Lipinski definition) is 4. The van der Waals surface area contributed by atoms with Gasteiger partial charge in [0.2, 0.25) is 0 Å². The highest BCUT2D eigenvalue weighted by molar-refractivity contribution is 6.14. The molecule has 1 N–H and O–H groups in total. The van der Waals surface area contributed by atoms with Crippen molar-refractivity contribution in [1.82, 2.24) is 5.32 Å². The van der Waals surface area contributed by atoms with Crippen LogP contribution in [0.3, 0.4) is 0 Å². The lowest BCUT2D eigenvalue weighted by Crippen LogP contribution is -2.33. The molecule has 2 heterocycles. The van der Waals surface area contributed by atoms with E-state index in [4.69, 9.17) is 4.74 Å². The first-order valence-corrected chi connectivity index (χ1v) is 9.20. The van der Waals surface area contributed by atoms with E-state index < -0.39 is 11.9 Å². The van der Waals surface area contributed by atoms with Crippen molar-refractivity contribution in [1.29, 1.82) is 0 Å². The van der Waals surface area contributed by atoms with Crippen molar-refractivity contribution in [2.75, 3.05) is 0 Å². The molecule has 0 fully saturated rings. The minimum Gasteiger partial charge on any atom is -0.423 e. The Labute approximate surface area is 162 Å². The quantitative estimate of drug-likeness (QED) is 0.430. The number of carbonyl (C=O) groups excluding carboxylic acids is 2. The summed E-state index contributed by atoms with van der Waals surface area (Å²) in [6.45, 7) is 0. The summed E-state index contributed by atoms with van der Waals surface area (Å²) in [5.74, 6) is -1.30. The number of fused-ring (bicyclic) bond motifs is 2. The first kappa shape index (κ1) is 16.5. The van der Waals surface area contributed by atoms with Crippen LogP contribution in [0, 0.1) is 5.92 Å². The molecule has 4 heteroatoms. The fourth-order valence-corrected chi connectivity index (χ4v) is 3.92. The molecule has 2 aliphatic rings. The molecule has 5 rings (SSSR count). The molecule has 0 saturated heterocycles. The summed E-state index contributed by atoms with van der Waals surface area (Å²) < 4.78 is 5.59. The van der Waals surface area contributed by atoms with Crippen LogP contribution in [0.15, 0.2) is 90.6 Å². The molecule has 2 aliphatic heterocycles. The molecular weight excluding hydrogens is 350 g/mol. The van der Waals surface area contributed by atoms with Crippen molar-refractivity contribution in [3.05, 3.63) is 113 Å². The van der Waals surface area contributed by atoms with Crippen LogP contribution < -0.4 is 5.32 Å². The van der Waals surface area contributed by atoms with Gasteiger partial charge in [0.1, 0.15) is 0 Å². The summed E-state index contributed by atoms with van der Waals surface area (Å²) >= 11 is 0. The van der Waals surface area contributed by atoms with Gasteiger partial charge in [-0.3, -0.25) is 9.59 Å². The normalized spacial score (nSPS) is 20.1. The van der Waals surface area contributed by atoms with Gasteiger partial charge in [0.05, 0.1) is 11.7 Å². The van der Waals surface area contributed by atoms with Crippen molar-refractivity contribution in [3.8, 4) is 0 Å². The largest absolute Gasteiger partial charge is 0.423 e. The molecule has 3 aromatic carbocycles. The van der Waals surface area contributed by atoms with E-state index in [0.29, 0.717) is 17.0 Å². The van der Waals surface area contributed by atoms with Crippen LogP contribution in [-0.4, -0.2) is 11.8 Å². The molecule has 2 unspecified atom stereocenters. The topological polar surface area (TPSA) is 55.4 Å². The second kappa shape index (κ2) is 6.50. The number of hydrogen-bond donors (Lipinski definition) is 1. The minimum atomic E-state index is -0.975. The lowest BCUT2D eigenvalue weighted by atomic mass is 9.86. The summed E-state index contributed by atoms with van der Waals surface area (Å²) in [5, 5.41) is 3.43. The Morgan fingerprint density at radius 2 is 1.46 bits per heavy atom. The van der Waals surface area contributed by atoms with E-state index in [0.717, 1.165) is 16.7 Å². The molecule has 0 spiro atoms. The SMILES string of the molecule is O=C1OC2=C(NC(c3ccccc3)c3ccccc32)C1C(=O)c1ccccc1. The third-order valence-electron chi connectivity index (χ3n) is 5.24. The van der Waals surface area contributed by atoms with Gasteiger partial charge in [-0.25, -0.2) is 0 Å². The Morgan fingerprint density at radius 1 is 0.821 bits per heavy atom. The van der Waals surface area contributed by atoms with Gasteiger partial charge in [0, 0.05) is 11.1 Å². The standard InChI is InChI=1S/C24H17NO3/c26-22(16-11-5-2-6-12-16)19-21-23(28-24(19)27)18-14-8-7-13-17(18)20(25-21)15-9-3-1-4-10-15/h1-14,19-20,25H. The Bertz CT molecular complexity index is 1100. The maximum absolute atomic E-state index is 13.1. The molecule has 0 aromatic heterocycles. The third kappa shape index (κ3) is 2.54. The monoisotopic (exact) mass is 367 g/mol. The van der Waals surface area contributed by atoms with Gasteiger partial charge in [-0.2, -0.15) is 0 Å². The second-order valence-corrected chi connectivity index (χ2v) is 6.90. The summed E-state index contributed by atoms with van der Waals surface area (Å²) in [4.78, 5) is 25.8. The summed E-state index contributed by atoms with van der Waals surface area (Å²) in [5.41, 5.74) is 3.98. The van der Waals surface area contributed by atoms with Crippen molar-refractivity contribution in [3.63, 3.8) is 0 Å². The zero-order chi connectivity index (χ0) is 19.1. The number of carbonyl (C=O) groups is 2. The Morgan fingerprint density at radius 3 is 2.21 bits per heavy atom. The van der Waals surface area contributed by atoms with Crippen LogP contribution in [0.2, 0.25) is 0 Å². The molecule has 3 aromatic rings. The van der Waals surface area contributed by atoms with Crippen molar-refractivity contribution in [2.45, 2.75) is 6.04 Å². The fraction of sp³-hybridized carbons (Fsp3) is 0.0833. The number of ketones is 1. The molecular formula is C24H17NO3. The highest BCUT2D eigenvalue weighted by Crippen LogP contribution is 2.43. The Kier molecular flexibility index (Phi) is 3.83. The third-order valence-corrected chi connectivity index (χ3v) is 5.24. The Balaban J connectivity index is 1.63. The number of ether oxygens (including phenoxy) is 1. The van der Waals surface area contributed by atoms with Gasteiger partial charge < -0.3 is 10.1 Å². The van der Waals surface area contributed by atoms with Crippen LogP contribution >= 0.6 is 0 Å². The first-order chi connectivity index (χ1) is 13.7. The van der Waals surface area contributed by atoms with E-state index in [1.807, 2.05) is 60.7 Å². The smallest absolute Gasteiger partial charge is 0.328 e. The van der Waals surface area contributed by atoms with Gasteiger partial charge in [0.25, 0.3) is 0 Å². The first-order valence-electron chi connectivity index (χ1n) is 9.20. The van der Waals surface area contributed by atoms with Crippen molar-refractivity contribution in [2.24, 2.45) is 5.92 Å². The average Bonchev–Trinajstić information content (AvgIpc) is 3.10. The molecule has 4 nitrogen and oxygen atoms in total. The van der Waals surface area contributed by atoms with E-state index in [-0.39, 0.29) is 11.8 Å². The van der Waals surface area contributed by atoms with Gasteiger partial charge in [0.15, 0.2) is 17.5 Å². The van der Waals surface area contributed by atoms with Crippen molar-refractivity contribution >= 4 is 17.5 Å². The summed E-state index contributed by atoms with van der Waals surface area (Å²) in [6.07, 6.45) is 0. The molecule has 136 valence electrons. The van der Waals surface area contributed by atoms with Gasteiger partial charge >= 0.3 is 5.97 Å². The maximum Gasteiger partial charge on any atom is 0.328 e. The number of benzene rings is 3. The summed E-state index contributed by atoms with van der Waals surface area (Å²) in [6, 6.07) is 26.5. The summed E-state index contributed by atoms with van der Waals surface area (Å²) in [7, 11) is 0. The number of nitrogens with one attached hydrogen (secondary N) is 1. The lowest BCUT2D eigenvalue weighted by molar-refractivity contribution is -0.136. The van der Waals surface area contributed by atoms with Crippen LogP contribution in [0.1, 0.15) is 33.1 Å². The second-order valence-electron chi connectivity index (χ2n) is 6.90. The molecule has 0 aliphatic carbocycles.